The van der Waals surface area contributed by atoms with E-state index in [1.807, 2.05) is 0 Å². The summed E-state index contributed by atoms with van der Waals surface area (Å²) in [6.45, 7) is 3.84. The Labute approximate surface area is 81.5 Å². The highest BCUT2D eigenvalue weighted by Gasteiger charge is 2.13. The molecule has 0 radical (unpaired) electrons. The van der Waals surface area contributed by atoms with Crippen LogP contribution in [0.5, 0.6) is 0 Å². The first-order chi connectivity index (χ1) is 6.69. The van der Waals surface area contributed by atoms with Crippen LogP contribution < -0.4 is 5.63 Å². The second kappa shape index (κ2) is 4.60. The van der Waals surface area contributed by atoms with Gasteiger partial charge in [-0.15, -0.1) is 0 Å². The number of carbonyl (C=O) groups excluding carboxylic acids is 1. The summed E-state index contributed by atoms with van der Waals surface area (Å²) in [5.41, 5.74) is -0.121. The van der Waals surface area contributed by atoms with Gasteiger partial charge in [0.25, 0.3) is 0 Å². The third-order valence-electron chi connectivity index (χ3n) is 1.73. The summed E-state index contributed by atoms with van der Waals surface area (Å²) in [5.74, 6) is -0.0796. The minimum Gasteiger partial charge on any atom is -0.462 e. The Hall–Kier alpha value is -1.58. The molecule has 1 aromatic rings. The number of carbonyl (C=O) groups is 1. The van der Waals surface area contributed by atoms with Gasteiger partial charge in [-0.3, -0.25) is 0 Å². The van der Waals surface area contributed by atoms with E-state index in [2.05, 4.69) is 0 Å². The zero-order valence-corrected chi connectivity index (χ0v) is 8.20. The van der Waals surface area contributed by atoms with Gasteiger partial charge in [0.05, 0.1) is 12.2 Å². The SMILES string of the molecule is CCOC(=O)c1ccc(=O)oc1CC. The monoisotopic (exact) mass is 196 g/mol. The summed E-state index contributed by atoms with van der Waals surface area (Å²) in [6, 6.07) is 2.65. The molecule has 0 saturated heterocycles. The predicted molar refractivity (Wildman–Crippen MR) is 50.3 cm³/mol. The van der Waals surface area contributed by atoms with Crippen molar-refractivity contribution in [1.82, 2.24) is 0 Å². The van der Waals surface area contributed by atoms with Gasteiger partial charge in [0.2, 0.25) is 0 Å². The van der Waals surface area contributed by atoms with Crippen molar-refractivity contribution in [1.29, 1.82) is 0 Å². The minimum absolute atomic E-state index is 0.307. The molecular formula is C10H12O4. The maximum atomic E-state index is 11.4. The van der Waals surface area contributed by atoms with Gasteiger partial charge in [0.15, 0.2) is 0 Å². The van der Waals surface area contributed by atoms with Crippen molar-refractivity contribution in [3.05, 3.63) is 33.9 Å². The molecule has 0 aliphatic heterocycles. The Morgan fingerprint density at radius 2 is 2.14 bits per heavy atom. The fraction of sp³-hybridized carbons (Fsp3) is 0.400. The molecule has 0 N–H and O–H groups in total. The standard InChI is InChI=1S/C10H12O4/c1-3-8-7(10(12)13-4-2)5-6-9(11)14-8/h5-6H,3-4H2,1-2H3. The van der Waals surface area contributed by atoms with E-state index in [0.717, 1.165) is 0 Å². The summed E-state index contributed by atoms with van der Waals surface area (Å²) in [7, 11) is 0. The smallest absolute Gasteiger partial charge is 0.341 e. The Bertz CT molecular complexity index is 378. The van der Waals surface area contributed by atoms with Crippen LogP contribution >= 0.6 is 0 Å². The fourth-order valence-corrected chi connectivity index (χ4v) is 1.11. The predicted octanol–water partition coefficient (Wildman–Crippen LogP) is 1.38. The third-order valence-corrected chi connectivity index (χ3v) is 1.73. The lowest BCUT2D eigenvalue weighted by molar-refractivity contribution is 0.0521. The molecule has 0 atom stereocenters. The van der Waals surface area contributed by atoms with E-state index in [0.29, 0.717) is 24.4 Å². The van der Waals surface area contributed by atoms with E-state index in [9.17, 15) is 9.59 Å². The van der Waals surface area contributed by atoms with Gasteiger partial charge in [-0.05, 0) is 13.0 Å². The van der Waals surface area contributed by atoms with Crippen molar-refractivity contribution in [2.24, 2.45) is 0 Å². The quantitative estimate of drug-likeness (QED) is 0.685. The second-order valence-corrected chi connectivity index (χ2v) is 2.67. The highest BCUT2D eigenvalue weighted by Crippen LogP contribution is 2.08. The van der Waals surface area contributed by atoms with Gasteiger partial charge in [-0.25, -0.2) is 9.59 Å². The molecule has 4 nitrogen and oxygen atoms in total. The molecule has 1 heterocycles. The summed E-state index contributed by atoms with van der Waals surface area (Å²) < 4.78 is 9.68. The Morgan fingerprint density at radius 3 is 2.71 bits per heavy atom. The first-order valence-electron chi connectivity index (χ1n) is 4.49. The lowest BCUT2D eigenvalue weighted by Gasteiger charge is -2.04. The van der Waals surface area contributed by atoms with E-state index < -0.39 is 11.6 Å². The van der Waals surface area contributed by atoms with Gasteiger partial charge in [0.1, 0.15) is 5.76 Å². The largest absolute Gasteiger partial charge is 0.462 e. The normalized spacial score (nSPS) is 9.86. The summed E-state index contributed by atoms with van der Waals surface area (Å²) in [5, 5.41) is 0. The molecule has 14 heavy (non-hydrogen) atoms. The molecular weight excluding hydrogens is 184 g/mol. The number of esters is 1. The lowest BCUT2D eigenvalue weighted by Crippen LogP contribution is -2.11. The van der Waals surface area contributed by atoms with Crippen LogP contribution in [0.1, 0.15) is 30.0 Å². The zero-order chi connectivity index (χ0) is 10.6. The van der Waals surface area contributed by atoms with Crippen LogP contribution in [0.25, 0.3) is 0 Å². The molecule has 0 aromatic carbocycles. The molecule has 0 saturated carbocycles. The Balaban J connectivity index is 3.07. The van der Waals surface area contributed by atoms with Crippen LogP contribution in [0.4, 0.5) is 0 Å². The Kier molecular flexibility index (Phi) is 3.45. The van der Waals surface area contributed by atoms with E-state index >= 15 is 0 Å². The lowest BCUT2D eigenvalue weighted by atomic mass is 10.2. The van der Waals surface area contributed by atoms with Crippen molar-refractivity contribution in [2.45, 2.75) is 20.3 Å². The molecule has 1 rings (SSSR count). The summed E-state index contributed by atoms with van der Waals surface area (Å²) in [4.78, 5) is 22.2. The summed E-state index contributed by atoms with van der Waals surface area (Å²) in [6.07, 6.45) is 0.490. The van der Waals surface area contributed by atoms with E-state index in [4.69, 9.17) is 9.15 Å². The Morgan fingerprint density at radius 1 is 1.43 bits per heavy atom. The van der Waals surface area contributed by atoms with Crippen molar-refractivity contribution in [3.8, 4) is 0 Å². The van der Waals surface area contributed by atoms with Crippen LogP contribution in [0, 0.1) is 0 Å². The molecule has 0 amide bonds. The summed E-state index contributed by atoms with van der Waals surface area (Å²) >= 11 is 0. The minimum atomic E-state index is -0.451. The average Bonchev–Trinajstić information content (AvgIpc) is 2.17. The molecule has 0 fully saturated rings. The molecule has 0 spiro atoms. The molecule has 4 heteroatoms. The van der Waals surface area contributed by atoms with Crippen LogP contribution in [0.2, 0.25) is 0 Å². The number of hydrogen-bond donors (Lipinski definition) is 0. The molecule has 76 valence electrons. The number of hydrogen-bond acceptors (Lipinski definition) is 4. The van der Waals surface area contributed by atoms with Crippen molar-refractivity contribution in [3.63, 3.8) is 0 Å². The van der Waals surface area contributed by atoms with Gasteiger partial charge < -0.3 is 9.15 Å². The highest BCUT2D eigenvalue weighted by atomic mass is 16.5. The van der Waals surface area contributed by atoms with E-state index in [1.54, 1.807) is 13.8 Å². The number of aryl methyl sites for hydroxylation is 1. The van der Waals surface area contributed by atoms with Crippen molar-refractivity contribution < 1.29 is 13.9 Å². The molecule has 0 unspecified atom stereocenters. The second-order valence-electron chi connectivity index (χ2n) is 2.67. The van der Waals surface area contributed by atoms with Gasteiger partial charge in [-0.2, -0.15) is 0 Å². The molecule has 0 aliphatic rings. The number of ether oxygens (including phenoxy) is 1. The van der Waals surface area contributed by atoms with Crippen molar-refractivity contribution >= 4 is 5.97 Å². The van der Waals surface area contributed by atoms with Crippen LogP contribution in [-0.2, 0) is 11.2 Å². The first-order valence-corrected chi connectivity index (χ1v) is 4.49. The maximum absolute atomic E-state index is 11.4. The fourth-order valence-electron chi connectivity index (χ4n) is 1.11. The van der Waals surface area contributed by atoms with Crippen LogP contribution in [0.3, 0.4) is 0 Å². The van der Waals surface area contributed by atoms with E-state index in [-0.39, 0.29) is 0 Å². The molecule has 0 bridgehead atoms. The van der Waals surface area contributed by atoms with E-state index in [1.165, 1.54) is 12.1 Å². The topological polar surface area (TPSA) is 56.5 Å². The molecule has 0 aliphatic carbocycles. The average molecular weight is 196 g/mol. The number of rotatable bonds is 3. The van der Waals surface area contributed by atoms with Gasteiger partial charge in [-0.1, -0.05) is 6.92 Å². The van der Waals surface area contributed by atoms with Crippen LogP contribution in [-0.4, -0.2) is 12.6 Å². The third kappa shape index (κ3) is 2.22. The maximum Gasteiger partial charge on any atom is 0.341 e. The van der Waals surface area contributed by atoms with Gasteiger partial charge in [0, 0.05) is 12.5 Å². The van der Waals surface area contributed by atoms with Gasteiger partial charge >= 0.3 is 11.6 Å². The molecule has 1 aromatic heterocycles. The highest BCUT2D eigenvalue weighted by molar-refractivity contribution is 5.90. The van der Waals surface area contributed by atoms with Crippen LogP contribution in [0.15, 0.2) is 21.3 Å². The van der Waals surface area contributed by atoms with Crippen molar-refractivity contribution in [2.75, 3.05) is 6.61 Å². The zero-order valence-electron chi connectivity index (χ0n) is 8.20. The first kappa shape index (κ1) is 10.5.